The number of benzene rings is 2. The highest BCUT2D eigenvalue weighted by Crippen LogP contribution is 2.43. The summed E-state index contributed by atoms with van der Waals surface area (Å²) in [6.07, 6.45) is -18.6. The van der Waals surface area contributed by atoms with Gasteiger partial charge in [-0.05, 0) is 17.7 Å². The molecule has 2 fully saturated rings. The SMILES string of the molecule is OC[C@H]1O[C@@H](O[C@H]2[C@H](O)[C@@H](O)[C@H](Oc3ccc([C@H]4Oc5cc(O)cc(O)c5C[C@@H]4O)cc3O)O[C@@H]2CO)[C@H](O)[C@@H](O)[C@@H]1O. The summed E-state index contributed by atoms with van der Waals surface area (Å²) in [5.74, 6) is -1.02. The Morgan fingerprint density at radius 3 is 2.07 bits per heavy atom. The topological polar surface area (TPSA) is 269 Å². The molecule has 238 valence electrons. The summed E-state index contributed by atoms with van der Waals surface area (Å²) in [6, 6.07) is 6.35. The summed E-state index contributed by atoms with van der Waals surface area (Å²) in [5.41, 5.74) is 0.609. The Kier molecular flexibility index (Phi) is 9.17. The van der Waals surface area contributed by atoms with Crippen LogP contribution in [0.15, 0.2) is 30.3 Å². The van der Waals surface area contributed by atoms with E-state index in [-0.39, 0.29) is 29.4 Å². The molecule has 0 bridgehead atoms. The molecule has 16 nitrogen and oxygen atoms in total. The Hall–Kier alpha value is -3.00. The molecule has 16 heteroatoms. The first kappa shape index (κ1) is 31.4. The number of hydrogen-bond acceptors (Lipinski definition) is 16. The Bertz CT molecular complexity index is 1270. The monoisotopic (exact) mass is 614 g/mol. The smallest absolute Gasteiger partial charge is 0.229 e. The largest absolute Gasteiger partial charge is 0.508 e. The van der Waals surface area contributed by atoms with Crippen LogP contribution in [0.25, 0.3) is 0 Å². The van der Waals surface area contributed by atoms with Gasteiger partial charge >= 0.3 is 0 Å². The molecule has 3 aliphatic rings. The van der Waals surface area contributed by atoms with E-state index in [0.29, 0.717) is 11.1 Å². The minimum atomic E-state index is -1.84. The van der Waals surface area contributed by atoms with Crippen molar-refractivity contribution in [2.75, 3.05) is 13.2 Å². The minimum absolute atomic E-state index is 0.0000306. The van der Waals surface area contributed by atoms with Crippen LogP contribution in [-0.4, -0.2) is 137 Å². The lowest BCUT2D eigenvalue weighted by Crippen LogP contribution is -2.65. The van der Waals surface area contributed by atoms with E-state index in [2.05, 4.69) is 0 Å². The maximum absolute atomic E-state index is 10.8. The maximum Gasteiger partial charge on any atom is 0.229 e. The second-order valence-corrected chi connectivity index (χ2v) is 10.6. The maximum atomic E-state index is 10.8. The van der Waals surface area contributed by atoms with Crippen molar-refractivity contribution in [1.82, 2.24) is 0 Å². The zero-order chi connectivity index (χ0) is 31.2. The third-order valence-corrected chi connectivity index (χ3v) is 7.70. The lowest BCUT2D eigenvalue weighted by Gasteiger charge is -2.45. The molecule has 0 amide bonds. The Morgan fingerprint density at radius 1 is 0.721 bits per heavy atom. The van der Waals surface area contributed by atoms with Gasteiger partial charge < -0.3 is 79.9 Å². The van der Waals surface area contributed by atoms with E-state index in [1.54, 1.807) is 0 Å². The summed E-state index contributed by atoms with van der Waals surface area (Å²) in [5, 5.41) is 112. The summed E-state index contributed by atoms with van der Waals surface area (Å²) >= 11 is 0. The van der Waals surface area contributed by atoms with Crippen molar-refractivity contribution in [3.8, 4) is 28.7 Å². The molecule has 0 spiro atoms. The average Bonchev–Trinajstić information content (AvgIpc) is 2.97. The summed E-state index contributed by atoms with van der Waals surface area (Å²) in [4.78, 5) is 0. The van der Waals surface area contributed by atoms with Crippen molar-refractivity contribution in [2.24, 2.45) is 0 Å². The third-order valence-electron chi connectivity index (χ3n) is 7.70. The molecule has 2 aromatic carbocycles. The van der Waals surface area contributed by atoms with Crippen molar-refractivity contribution in [2.45, 2.75) is 80.0 Å². The Balaban J connectivity index is 1.28. The van der Waals surface area contributed by atoms with E-state index in [1.165, 1.54) is 24.3 Å². The number of ether oxygens (including phenoxy) is 5. The highest BCUT2D eigenvalue weighted by molar-refractivity contribution is 5.52. The first-order valence-corrected chi connectivity index (χ1v) is 13.4. The molecule has 43 heavy (non-hydrogen) atoms. The zero-order valence-corrected chi connectivity index (χ0v) is 22.4. The van der Waals surface area contributed by atoms with Crippen molar-refractivity contribution in [3.63, 3.8) is 0 Å². The van der Waals surface area contributed by atoms with Gasteiger partial charge in [-0.25, -0.2) is 0 Å². The fourth-order valence-corrected chi connectivity index (χ4v) is 5.34. The molecule has 5 rings (SSSR count). The zero-order valence-electron chi connectivity index (χ0n) is 22.4. The van der Waals surface area contributed by atoms with E-state index in [4.69, 9.17) is 23.7 Å². The van der Waals surface area contributed by atoms with Gasteiger partial charge in [-0.3, -0.25) is 0 Å². The summed E-state index contributed by atoms with van der Waals surface area (Å²) in [7, 11) is 0. The molecule has 0 unspecified atom stereocenters. The standard InChI is InChI=1S/C27H34O16/c28-7-17-19(34)20(35)22(37)27(41-17)43-25-18(8-29)42-26(23(38)21(25)36)40-15-2-1-9(3-13(15)32)24-14(33)6-11-12(31)4-10(30)5-16(11)39-24/h1-5,14,17-38H,6-8H2/t14-,17+,18+,19+,20-,21+,22+,23+,24+,25+,26+,27-/m0/s1. The normalized spacial score (nSPS) is 37.8. The molecule has 0 saturated carbocycles. The van der Waals surface area contributed by atoms with E-state index in [1.807, 2.05) is 0 Å². The number of aliphatic hydroxyl groups is 8. The molecule has 11 N–H and O–H groups in total. The van der Waals surface area contributed by atoms with Gasteiger partial charge in [0.1, 0.15) is 72.2 Å². The van der Waals surface area contributed by atoms with Gasteiger partial charge in [0.05, 0.1) is 19.3 Å². The fraction of sp³-hybridized carbons (Fsp3) is 0.556. The second-order valence-electron chi connectivity index (χ2n) is 10.6. The number of aliphatic hydroxyl groups excluding tert-OH is 8. The van der Waals surface area contributed by atoms with Gasteiger partial charge in [-0.2, -0.15) is 0 Å². The molecule has 2 saturated heterocycles. The van der Waals surface area contributed by atoms with Gasteiger partial charge in [0.15, 0.2) is 17.8 Å². The van der Waals surface area contributed by atoms with Gasteiger partial charge in [0.25, 0.3) is 0 Å². The highest BCUT2D eigenvalue weighted by Gasteiger charge is 2.51. The van der Waals surface area contributed by atoms with Crippen molar-refractivity contribution in [1.29, 1.82) is 0 Å². The van der Waals surface area contributed by atoms with Crippen LogP contribution in [0.3, 0.4) is 0 Å². The quantitative estimate of drug-likeness (QED) is 0.147. The minimum Gasteiger partial charge on any atom is -0.508 e. The number of rotatable bonds is 7. The van der Waals surface area contributed by atoms with Crippen molar-refractivity contribution < 1.29 is 79.9 Å². The van der Waals surface area contributed by atoms with Crippen molar-refractivity contribution >= 4 is 0 Å². The lowest BCUT2D eigenvalue weighted by atomic mass is 9.94. The van der Waals surface area contributed by atoms with E-state index in [0.717, 1.165) is 6.07 Å². The third kappa shape index (κ3) is 6.04. The van der Waals surface area contributed by atoms with Crippen LogP contribution in [-0.2, 0) is 20.6 Å². The molecule has 12 atom stereocenters. The van der Waals surface area contributed by atoms with Crippen LogP contribution >= 0.6 is 0 Å². The predicted molar refractivity (Wildman–Crippen MR) is 138 cm³/mol. The number of hydrogen-bond donors (Lipinski definition) is 11. The number of phenols is 3. The molecule has 2 aromatic rings. The predicted octanol–water partition coefficient (Wildman–Crippen LogP) is -3.16. The van der Waals surface area contributed by atoms with Gasteiger partial charge in [-0.1, -0.05) is 6.07 Å². The van der Waals surface area contributed by atoms with E-state index in [9.17, 15) is 56.2 Å². The van der Waals surface area contributed by atoms with Gasteiger partial charge in [-0.15, -0.1) is 0 Å². The summed E-state index contributed by atoms with van der Waals surface area (Å²) < 4.78 is 27.7. The average molecular weight is 615 g/mol. The molecule has 3 aliphatic heterocycles. The van der Waals surface area contributed by atoms with Crippen LogP contribution in [0.5, 0.6) is 28.7 Å². The van der Waals surface area contributed by atoms with Gasteiger partial charge in [0.2, 0.25) is 6.29 Å². The molecule has 0 aromatic heterocycles. The molecule has 0 radical (unpaired) electrons. The number of phenolic OH excluding ortho intramolecular Hbond substituents is 3. The van der Waals surface area contributed by atoms with Gasteiger partial charge in [0, 0.05) is 24.1 Å². The first-order chi connectivity index (χ1) is 20.4. The Morgan fingerprint density at radius 2 is 1.40 bits per heavy atom. The molecule has 3 heterocycles. The lowest BCUT2D eigenvalue weighted by molar-refractivity contribution is -0.352. The molecular formula is C27H34O16. The van der Waals surface area contributed by atoms with Crippen molar-refractivity contribution in [3.05, 3.63) is 41.5 Å². The number of aromatic hydroxyl groups is 3. The van der Waals surface area contributed by atoms with E-state index < -0.39 is 92.6 Å². The summed E-state index contributed by atoms with van der Waals surface area (Å²) in [6.45, 7) is -1.51. The van der Waals surface area contributed by atoms with E-state index >= 15 is 0 Å². The van der Waals surface area contributed by atoms with Crippen LogP contribution in [0.1, 0.15) is 17.2 Å². The fourth-order valence-electron chi connectivity index (χ4n) is 5.34. The van der Waals surface area contributed by atoms with Crippen LogP contribution < -0.4 is 9.47 Å². The van der Waals surface area contributed by atoms with Crippen LogP contribution in [0.2, 0.25) is 0 Å². The number of fused-ring (bicyclic) bond motifs is 1. The molecular weight excluding hydrogens is 580 g/mol. The van der Waals surface area contributed by atoms with Crippen LogP contribution in [0, 0.1) is 0 Å². The molecule has 0 aliphatic carbocycles. The second kappa shape index (κ2) is 12.5. The Labute approximate surface area is 243 Å². The highest BCUT2D eigenvalue weighted by atomic mass is 16.7. The van der Waals surface area contributed by atoms with Crippen LogP contribution in [0.4, 0.5) is 0 Å². The first-order valence-electron chi connectivity index (χ1n) is 13.4.